The highest BCUT2D eigenvalue weighted by molar-refractivity contribution is 7.99. The van der Waals surface area contributed by atoms with Gasteiger partial charge in [0, 0.05) is 19.2 Å². The zero-order valence-corrected chi connectivity index (χ0v) is 17.8. The molecule has 4 rings (SSSR count). The summed E-state index contributed by atoms with van der Waals surface area (Å²) in [5, 5.41) is 3.33. The predicted octanol–water partition coefficient (Wildman–Crippen LogP) is 3.20. The van der Waals surface area contributed by atoms with Gasteiger partial charge < -0.3 is 19.4 Å². The van der Waals surface area contributed by atoms with Crippen molar-refractivity contribution in [3.05, 3.63) is 36.2 Å². The van der Waals surface area contributed by atoms with Crippen molar-refractivity contribution in [1.29, 1.82) is 0 Å². The maximum Gasteiger partial charge on any atom is 0.257 e. The van der Waals surface area contributed by atoms with E-state index in [0.717, 1.165) is 30.0 Å². The zero-order chi connectivity index (χ0) is 20.8. The highest BCUT2D eigenvalue weighted by atomic mass is 32.2. The Hall–Kier alpha value is -2.81. The van der Waals surface area contributed by atoms with Crippen LogP contribution in [-0.2, 0) is 4.79 Å². The first-order valence-corrected chi connectivity index (χ1v) is 11.1. The molecule has 1 saturated heterocycles. The Morgan fingerprint density at radius 2 is 2.03 bits per heavy atom. The van der Waals surface area contributed by atoms with Crippen molar-refractivity contribution >= 4 is 34.6 Å². The standard InChI is InChI=1S/C21H25N5O3S/c1-15-23-18(26-10-5-2-6-11-26)13-20(24-15)28-12-9-22-19(27)14-30-21-25-16-7-3-4-8-17(16)29-21/h3-4,7-8,13H,2,5-6,9-12,14H2,1H3,(H,22,27). The molecule has 1 aliphatic rings. The minimum Gasteiger partial charge on any atom is -0.476 e. The topological polar surface area (TPSA) is 93.4 Å². The van der Waals surface area contributed by atoms with Crippen LogP contribution in [0.4, 0.5) is 5.82 Å². The number of fused-ring (bicyclic) bond motifs is 1. The van der Waals surface area contributed by atoms with Crippen LogP contribution in [0.5, 0.6) is 5.88 Å². The molecule has 0 aliphatic carbocycles. The molecule has 30 heavy (non-hydrogen) atoms. The number of aromatic nitrogens is 3. The van der Waals surface area contributed by atoms with E-state index in [4.69, 9.17) is 9.15 Å². The number of ether oxygens (including phenoxy) is 1. The van der Waals surface area contributed by atoms with Gasteiger partial charge in [-0.3, -0.25) is 4.79 Å². The molecule has 9 heteroatoms. The Balaban J connectivity index is 1.20. The number of oxazole rings is 1. The first-order valence-electron chi connectivity index (χ1n) is 10.2. The van der Waals surface area contributed by atoms with Crippen molar-refractivity contribution in [2.24, 2.45) is 0 Å². The summed E-state index contributed by atoms with van der Waals surface area (Å²) in [6.07, 6.45) is 3.65. The molecule has 1 aliphatic heterocycles. The summed E-state index contributed by atoms with van der Waals surface area (Å²) in [6.45, 7) is 4.64. The van der Waals surface area contributed by atoms with Gasteiger partial charge in [0.1, 0.15) is 23.8 Å². The zero-order valence-electron chi connectivity index (χ0n) is 17.0. The van der Waals surface area contributed by atoms with Gasteiger partial charge in [0.15, 0.2) is 5.58 Å². The molecule has 8 nitrogen and oxygen atoms in total. The van der Waals surface area contributed by atoms with Gasteiger partial charge in [-0.15, -0.1) is 0 Å². The van der Waals surface area contributed by atoms with Crippen LogP contribution in [0.1, 0.15) is 25.1 Å². The number of nitrogens with zero attached hydrogens (tertiary/aromatic N) is 4. The van der Waals surface area contributed by atoms with Crippen LogP contribution in [0, 0.1) is 6.92 Å². The van der Waals surface area contributed by atoms with E-state index in [1.165, 1.54) is 31.0 Å². The van der Waals surface area contributed by atoms with Gasteiger partial charge in [0.05, 0.1) is 12.3 Å². The summed E-state index contributed by atoms with van der Waals surface area (Å²) in [6, 6.07) is 9.41. The van der Waals surface area contributed by atoms with Crippen molar-refractivity contribution in [1.82, 2.24) is 20.3 Å². The van der Waals surface area contributed by atoms with Crippen LogP contribution in [0.3, 0.4) is 0 Å². The fourth-order valence-corrected chi connectivity index (χ4v) is 3.99. The summed E-state index contributed by atoms with van der Waals surface area (Å²) >= 11 is 1.27. The van der Waals surface area contributed by atoms with E-state index in [1.807, 2.05) is 37.3 Å². The molecular weight excluding hydrogens is 402 g/mol. The second-order valence-corrected chi connectivity index (χ2v) is 8.02. The smallest absolute Gasteiger partial charge is 0.257 e. The normalized spacial score (nSPS) is 14.1. The van der Waals surface area contributed by atoms with Crippen molar-refractivity contribution < 1.29 is 13.9 Å². The van der Waals surface area contributed by atoms with Gasteiger partial charge in [0.2, 0.25) is 11.8 Å². The second-order valence-electron chi connectivity index (χ2n) is 7.09. The number of para-hydroxylation sites is 2. The van der Waals surface area contributed by atoms with E-state index in [1.54, 1.807) is 0 Å². The lowest BCUT2D eigenvalue weighted by Crippen LogP contribution is -2.31. The molecule has 1 fully saturated rings. The molecule has 0 atom stereocenters. The third-order valence-electron chi connectivity index (χ3n) is 4.76. The number of hydrogen-bond donors (Lipinski definition) is 1. The van der Waals surface area contributed by atoms with Gasteiger partial charge in [0.25, 0.3) is 5.22 Å². The molecule has 0 unspecified atom stereocenters. The van der Waals surface area contributed by atoms with Crippen molar-refractivity contribution in [2.75, 3.05) is 36.9 Å². The molecule has 1 N–H and O–H groups in total. The molecule has 3 aromatic rings. The van der Waals surface area contributed by atoms with E-state index in [0.29, 0.717) is 30.1 Å². The first-order chi connectivity index (χ1) is 14.7. The number of aryl methyl sites for hydroxylation is 1. The van der Waals surface area contributed by atoms with Crippen LogP contribution in [0.2, 0.25) is 0 Å². The third kappa shape index (κ3) is 5.41. The van der Waals surface area contributed by atoms with E-state index < -0.39 is 0 Å². The average molecular weight is 428 g/mol. The summed E-state index contributed by atoms with van der Waals surface area (Å²) in [5.74, 6) is 2.28. The predicted molar refractivity (Wildman–Crippen MR) is 116 cm³/mol. The molecule has 1 amide bonds. The lowest BCUT2D eigenvalue weighted by molar-refractivity contribution is -0.118. The summed E-state index contributed by atoms with van der Waals surface area (Å²) in [7, 11) is 0. The number of nitrogens with one attached hydrogen (secondary N) is 1. The lowest BCUT2D eigenvalue weighted by atomic mass is 10.1. The maximum absolute atomic E-state index is 12.1. The van der Waals surface area contributed by atoms with Crippen LogP contribution in [0.25, 0.3) is 11.1 Å². The maximum atomic E-state index is 12.1. The number of carbonyl (C=O) groups is 1. The Morgan fingerprint density at radius 1 is 1.20 bits per heavy atom. The highest BCUT2D eigenvalue weighted by Gasteiger charge is 2.14. The van der Waals surface area contributed by atoms with E-state index in [2.05, 4.69) is 25.2 Å². The fraction of sp³-hybridized carbons (Fsp3) is 0.429. The van der Waals surface area contributed by atoms with Crippen molar-refractivity contribution in [2.45, 2.75) is 31.4 Å². The Kier molecular flexibility index (Phi) is 6.68. The van der Waals surface area contributed by atoms with Crippen LogP contribution < -0.4 is 15.0 Å². The molecule has 1 aromatic carbocycles. The number of benzene rings is 1. The third-order valence-corrected chi connectivity index (χ3v) is 5.58. The number of carbonyl (C=O) groups excluding carboxylic acids is 1. The van der Waals surface area contributed by atoms with Gasteiger partial charge in [-0.25, -0.2) is 9.97 Å². The average Bonchev–Trinajstić information content (AvgIpc) is 3.19. The van der Waals surface area contributed by atoms with Gasteiger partial charge in [-0.1, -0.05) is 23.9 Å². The number of amides is 1. The van der Waals surface area contributed by atoms with Crippen molar-refractivity contribution in [3.8, 4) is 5.88 Å². The van der Waals surface area contributed by atoms with Gasteiger partial charge in [-0.2, -0.15) is 4.98 Å². The summed E-state index contributed by atoms with van der Waals surface area (Å²) in [5.41, 5.74) is 1.51. The fourth-order valence-electron chi connectivity index (χ4n) is 3.32. The monoisotopic (exact) mass is 427 g/mol. The Labute approximate surface area is 179 Å². The minimum atomic E-state index is -0.0984. The number of hydrogen-bond acceptors (Lipinski definition) is 8. The number of thioether (sulfide) groups is 1. The molecule has 0 bridgehead atoms. The molecular formula is C21H25N5O3S. The second kappa shape index (κ2) is 9.80. The highest BCUT2D eigenvalue weighted by Crippen LogP contribution is 2.23. The van der Waals surface area contributed by atoms with Crippen molar-refractivity contribution in [3.63, 3.8) is 0 Å². The first kappa shape index (κ1) is 20.5. The quantitative estimate of drug-likeness (QED) is 0.433. The minimum absolute atomic E-state index is 0.0984. The van der Waals surface area contributed by atoms with Crippen LogP contribution >= 0.6 is 11.8 Å². The van der Waals surface area contributed by atoms with E-state index >= 15 is 0 Å². The number of anilines is 1. The SMILES string of the molecule is Cc1nc(OCCNC(=O)CSc2nc3ccccc3o2)cc(N2CCCCC2)n1. The molecule has 3 heterocycles. The lowest BCUT2D eigenvalue weighted by Gasteiger charge is -2.28. The summed E-state index contributed by atoms with van der Waals surface area (Å²) < 4.78 is 11.3. The van der Waals surface area contributed by atoms with Crippen LogP contribution in [0.15, 0.2) is 40.0 Å². The van der Waals surface area contributed by atoms with Gasteiger partial charge in [-0.05, 0) is 38.3 Å². The molecule has 0 spiro atoms. The molecule has 2 aromatic heterocycles. The molecule has 158 valence electrons. The Bertz CT molecular complexity index is 970. The van der Waals surface area contributed by atoms with E-state index in [-0.39, 0.29) is 11.7 Å². The van der Waals surface area contributed by atoms with E-state index in [9.17, 15) is 4.79 Å². The largest absolute Gasteiger partial charge is 0.476 e. The number of rotatable bonds is 8. The Morgan fingerprint density at radius 3 is 2.87 bits per heavy atom. The molecule has 0 radical (unpaired) electrons. The van der Waals surface area contributed by atoms with Gasteiger partial charge >= 0.3 is 0 Å². The number of piperidine rings is 1. The summed E-state index contributed by atoms with van der Waals surface area (Å²) in [4.78, 5) is 27.6. The molecule has 0 saturated carbocycles. The van der Waals surface area contributed by atoms with Crippen LogP contribution in [-0.4, -0.2) is 52.9 Å².